The maximum absolute atomic E-state index is 13.8. The van der Waals surface area contributed by atoms with Crippen LogP contribution in [-0.4, -0.2) is 36.5 Å². The zero-order valence-corrected chi connectivity index (χ0v) is 12.4. The number of rotatable bonds is 1. The van der Waals surface area contributed by atoms with Crippen molar-refractivity contribution in [2.45, 2.75) is 18.2 Å². The van der Waals surface area contributed by atoms with Crippen LogP contribution in [0.5, 0.6) is 11.5 Å². The molecule has 5 nitrogen and oxygen atoms in total. The van der Waals surface area contributed by atoms with Gasteiger partial charge in [-0.15, -0.1) is 0 Å². The molecule has 0 saturated carbocycles. The van der Waals surface area contributed by atoms with Gasteiger partial charge in [0.15, 0.2) is 11.5 Å². The Morgan fingerprint density at radius 1 is 1.09 bits per heavy atom. The number of aliphatic hydroxyl groups excluding tert-OH is 1. The highest BCUT2D eigenvalue weighted by molar-refractivity contribution is 5.78. The van der Waals surface area contributed by atoms with Gasteiger partial charge in [0.25, 0.3) is 0 Å². The first-order chi connectivity index (χ1) is 11.1. The average Bonchev–Trinajstić information content (AvgIpc) is 2.56. The van der Waals surface area contributed by atoms with Gasteiger partial charge in [0, 0.05) is 6.07 Å². The van der Waals surface area contributed by atoms with Gasteiger partial charge in [-0.1, -0.05) is 12.1 Å². The Labute approximate surface area is 133 Å². The summed E-state index contributed by atoms with van der Waals surface area (Å²) in [5, 5.41) is 10.5. The molecule has 0 unspecified atom stereocenters. The van der Waals surface area contributed by atoms with Gasteiger partial charge >= 0.3 is 0 Å². The number of halogens is 1. The molecule has 6 heteroatoms. The first-order valence-electron chi connectivity index (χ1n) is 7.52. The summed E-state index contributed by atoms with van der Waals surface area (Å²) in [4.78, 5) is 1.86. The quantitative estimate of drug-likeness (QED) is 0.844. The predicted octanol–water partition coefficient (Wildman–Crippen LogP) is 2.16. The van der Waals surface area contributed by atoms with E-state index < -0.39 is 18.2 Å². The highest BCUT2D eigenvalue weighted by atomic mass is 19.1. The SMILES string of the molecule is N[C@@H]1COC[C@H](N2c3ccccc3Oc3ccc(F)cc32)[C@H]1O. The average molecular weight is 316 g/mol. The third kappa shape index (κ3) is 2.35. The van der Waals surface area contributed by atoms with Crippen molar-refractivity contribution in [3.05, 3.63) is 48.3 Å². The molecule has 1 saturated heterocycles. The van der Waals surface area contributed by atoms with E-state index in [1.54, 1.807) is 6.07 Å². The molecule has 1 fully saturated rings. The summed E-state index contributed by atoms with van der Waals surface area (Å²) in [6, 6.07) is 10.9. The zero-order valence-electron chi connectivity index (χ0n) is 12.4. The lowest BCUT2D eigenvalue weighted by molar-refractivity contribution is -0.0195. The largest absolute Gasteiger partial charge is 0.453 e. The number of ether oxygens (including phenoxy) is 2. The van der Waals surface area contributed by atoms with E-state index in [9.17, 15) is 9.50 Å². The predicted molar refractivity (Wildman–Crippen MR) is 83.6 cm³/mol. The molecule has 4 rings (SSSR count). The third-order valence-corrected chi connectivity index (χ3v) is 4.29. The van der Waals surface area contributed by atoms with Gasteiger partial charge in [0.05, 0.1) is 42.8 Å². The Kier molecular flexibility index (Phi) is 3.45. The number of nitrogens with two attached hydrogens (primary N) is 1. The second-order valence-electron chi connectivity index (χ2n) is 5.81. The minimum absolute atomic E-state index is 0.305. The van der Waals surface area contributed by atoms with E-state index in [1.165, 1.54) is 12.1 Å². The van der Waals surface area contributed by atoms with Gasteiger partial charge in [-0.25, -0.2) is 4.39 Å². The molecule has 2 aromatic carbocycles. The maximum Gasteiger partial charge on any atom is 0.151 e. The molecule has 0 amide bonds. The number of para-hydroxylation sites is 2. The molecule has 2 aliphatic rings. The van der Waals surface area contributed by atoms with Crippen molar-refractivity contribution in [1.82, 2.24) is 0 Å². The molecule has 2 aromatic rings. The number of hydrogen-bond donors (Lipinski definition) is 2. The van der Waals surface area contributed by atoms with Gasteiger partial charge in [-0.3, -0.25) is 0 Å². The lowest BCUT2D eigenvalue weighted by Gasteiger charge is -2.43. The molecule has 3 atom stereocenters. The molecule has 3 N–H and O–H groups in total. The molecule has 120 valence electrons. The number of anilines is 2. The van der Waals surface area contributed by atoms with Crippen LogP contribution in [0.3, 0.4) is 0 Å². The Morgan fingerprint density at radius 3 is 2.74 bits per heavy atom. The fourth-order valence-electron chi connectivity index (χ4n) is 3.15. The minimum Gasteiger partial charge on any atom is -0.453 e. The van der Waals surface area contributed by atoms with Crippen molar-refractivity contribution in [2.24, 2.45) is 5.73 Å². The highest BCUT2D eigenvalue weighted by Crippen LogP contribution is 2.48. The van der Waals surface area contributed by atoms with E-state index in [-0.39, 0.29) is 5.82 Å². The van der Waals surface area contributed by atoms with Gasteiger partial charge in [0.1, 0.15) is 5.82 Å². The summed E-state index contributed by atoms with van der Waals surface area (Å²) in [7, 11) is 0. The fraction of sp³-hybridized carbons (Fsp3) is 0.294. The number of fused-ring (bicyclic) bond motifs is 2. The van der Waals surface area contributed by atoms with Crippen LogP contribution in [0.25, 0.3) is 0 Å². The summed E-state index contributed by atoms with van der Waals surface area (Å²) < 4.78 is 25.2. The van der Waals surface area contributed by atoms with Crippen LogP contribution in [0.15, 0.2) is 42.5 Å². The standard InChI is InChI=1S/C17H17FN2O3/c18-10-5-6-16-13(7-10)20(12-3-1-2-4-15(12)23-16)14-9-22-8-11(19)17(14)21/h1-7,11,14,17,21H,8-9,19H2/t11-,14+,17+/m1/s1. The van der Waals surface area contributed by atoms with E-state index in [2.05, 4.69) is 0 Å². The second kappa shape index (κ2) is 5.49. The summed E-state index contributed by atoms with van der Waals surface area (Å²) in [6.45, 7) is 0.610. The van der Waals surface area contributed by atoms with E-state index in [1.807, 2.05) is 29.2 Å². The van der Waals surface area contributed by atoms with Gasteiger partial charge in [-0.2, -0.15) is 0 Å². The molecule has 23 heavy (non-hydrogen) atoms. The molecule has 0 spiro atoms. The summed E-state index contributed by atoms with van der Waals surface area (Å²) in [5.41, 5.74) is 7.26. The molecular weight excluding hydrogens is 299 g/mol. The normalized spacial score (nSPS) is 26.2. The Balaban J connectivity index is 1.86. The highest BCUT2D eigenvalue weighted by Gasteiger charge is 2.39. The van der Waals surface area contributed by atoms with Crippen LogP contribution in [0.1, 0.15) is 0 Å². The second-order valence-corrected chi connectivity index (χ2v) is 5.81. The van der Waals surface area contributed by atoms with E-state index in [0.29, 0.717) is 30.4 Å². The van der Waals surface area contributed by atoms with Crippen LogP contribution in [0.4, 0.5) is 15.8 Å². The molecule has 0 aromatic heterocycles. The van der Waals surface area contributed by atoms with Gasteiger partial charge in [0.2, 0.25) is 0 Å². The fourth-order valence-corrected chi connectivity index (χ4v) is 3.15. The first kappa shape index (κ1) is 14.4. The van der Waals surface area contributed by atoms with Crippen molar-refractivity contribution in [1.29, 1.82) is 0 Å². The summed E-state index contributed by atoms with van der Waals surface area (Å²) in [6.07, 6.45) is -0.786. The van der Waals surface area contributed by atoms with Crippen molar-refractivity contribution in [3.63, 3.8) is 0 Å². The smallest absolute Gasteiger partial charge is 0.151 e. The van der Waals surface area contributed by atoms with E-state index in [4.69, 9.17) is 15.2 Å². The number of aliphatic hydroxyl groups is 1. The maximum atomic E-state index is 13.8. The molecule has 2 heterocycles. The van der Waals surface area contributed by atoms with Gasteiger partial charge in [-0.05, 0) is 24.3 Å². The number of benzene rings is 2. The summed E-state index contributed by atoms with van der Waals surface area (Å²) in [5.74, 6) is 0.821. The van der Waals surface area contributed by atoms with E-state index >= 15 is 0 Å². The van der Waals surface area contributed by atoms with Crippen LogP contribution in [0, 0.1) is 5.82 Å². The zero-order chi connectivity index (χ0) is 16.0. The van der Waals surface area contributed by atoms with Crippen LogP contribution in [-0.2, 0) is 4.74 Å². The first-order valence-corrected chi connectivity index (χ1v) is 7.52. The number of hydrogen-bond acceptors (Lipinski definition) is 5. The van der Waals surface area contributed by atoms with Crippen LogP contribution in [0.2, 0.25) is 0 Å². The summed E-state index contributed by atoms with van der Waals surface area (Å²) >= 11 is 0. The molecule has 0 bridgehead atoms. The third-order valence-electron chi connectivity index (χ3n) is 4.29. The monoisotopic (exact) mass is 316 g/mol. The lowest BCUT2D eigenvalue weighted by atomic mass is 9.98. The number of nitrogens with zero attached hydrogens (tertiary/aromatic N) is 1. The van der Waals surface area contributed by atoms with Crippen molar-refractivity contribution in [3.8, 4) is 11.5 Å². The molecule has 2 aliphatic heterocycles. The topological polar surface area (TPSA) is 68.0 Å². The van der Waals surface area contributed by atoms with Gasteiger partial charge < -0.3 is 25.2 Å². The van der Waals surface area contributed by atoms with E-state index in [0.717, 1.165) is 5.69 Å². The lowest BCUT2D eigenvalue weighted by Crippen LogP contribution is -2.58. The van der Waals surface area contributed by atoms with Crippen molar-refractivity contribution < 1.29 is 19.0 Å². The van der Waals surface area contributed by atoms with Crippen molar-refractivity contribution >= 4 is 11.4 Å². The Hall–Kier alpha value is -2.15. The van der Waals surface area contributed by atoms with Crippen molar-refractivity contribution in [2.75, 3.05) is 18.1 Å². The minimum atomic E-state index is -0.786. The molecule has 0 aliphatic carbocycles. The molecule has 0 radical (unpaired) electrons. The Morgan fingerprint density at radius 2 is 1.87 bits per heavy atom. The van der Waals surface area contributed by atoms with Crippen LogP contribution >= 0.6 is 0 Å². The molecular formula is C17H17FN2O3. The van der Waals surface area contributed by atoms with Crippen LogP contribution < -0.4 is 15.4 Å². The Bertz CT molecular complexity index is 740.